The van der Waals surface area contributed by atoms with Gasteiger partial charge < -0.3 is 11.1 Å². The van der Waals surface area contributed by atoms with Gasteiger partial charge in [-0.2, -0.15) is 5.26 Å². The van der Waals surface area contributed by atoms with Gasteiger partial charge in [0.1, 0.15) is 6.04 Å². The van der Waals surface area contributed by atoms with E-state index < -0.39 is 6.04 Å². The van der Waals surface area contributed by atoms with E-state index in [4.69, 9.17) is 11.0 Å². The zero-order chi connectivity index (χ0) is 18.4. The Morgan fingerprint density at radius 1 is 1.44 bits per heavy atom. The molecule has 0 bridgehead atoms. The minimum absolute atomic E-state index is 0.0821. The number of aromatic nitrogens is 3. The number of amides is 1. The smallest absolute Gasteiger partial charge is 0.247 e. The molecular weight excluding hydrogens is 340 g/mol. The van der Waals surface area contributed by atoms with Gasteiger partial charge >= 0.3 is 0 Å². The third-order valence-corrected chi connectivity index (χ3v) is 4.30. The summed E-state index contributed by atoms with van der Waals surface area (Å²) in [6, 6.07) is 8.09. The second-order valence-electron chi connectivity index (χ2n) is 5.21. The third kappa shape index (κ3) is 4.36. The fourth-order valence-corrected chi connectivity index (χ4v) is 2.96. The van der Waals surface area contributed by atoms with Gasteiger partial charge in [-0.05, 0) is 25.5 Å². The first kappa shape index (κ1) is 18.5. The lowest BCUT2D eigenvalue weighted by Gasteiger charge is -2.19. The molecule has 1 aromatic carbocycles. The summed E-state index contributed by atoms with van der Waals surface area (Å²) in [6.45, 7) is 3.31. The zero-order valence-corrected chi connectivity index (χ0v) is 14.7. The van der Waals surface area contributed by atoms with Crippen LogP contribution in [-0.4, -0.2) is 32.2 Å². The van der Waals surface area contributed by atoms with Gasteiger partial charge in [-0.1, -0.05) is 30.8 Å². The Balaban J connectivity index is 2.25. The Kier molecular flexibility index (Phi) is 6.14. The number of rotatable bonds is 7. The highest BCUT2D eigenvalue weighted by atomic mass is 32.2. The molecule has 2 rings (SSSR count). The van der Waals surface area contributed by atoms with Crippen molar-refractivity contribution in [2.24, 2.45) is 0 Å². The number of nitrogens with two attached hydrogens (primary N) is 1. The molecule has 0 aliphatic carbocycles. The summed E-state index contributed by atoms with van der Waals surface area (Å²) in [7, 11) is 0. The van der Waals surface area contributed by atoms with E-state index in [1.165, 1.54) is 23.3 Å². The molecule has 0 fully saturated rings. The second-order valence-corrected chi connectivity index (χ2v) is 6.15. The molecule has 0 aliphatic rings. The van der Waals surface area contributed by atoms with Crippen LogP contribution in [0.1, 0.15) is 36.7 Å². The molecule has 25 heavy (non-hydrogen) atoms. The topological polar surface area (TPSA) is 127 Å². The number of benzene rings is 1. The van der Waals surface area contributed by atoms with Gasteiger partial charge in [-0.15, -0.1) is 10.2 Å². The number of thioether (sulfide) groups is 1. The first-order chi connectivity index (χ1) is 12.0. The van der Waals surface area contributed by atoms with E-state index in [1.807, 2.05) is 13.0 Å². The number of nitrogens with zero attached hydrogens (tertiary/aromatic N) is 4. The van der Waals surface area contributed by atoms with E-state index >= 15 is 0 Å². The fourth-order valence-electron chi connectivity index (χ4n) is 2.30. The lowest BCUT2D eigenvalue weighted by Crippen LogP contribution is -2.27. The van der Waals surface area contributed by atoms with E-state index in [9.17, 15) is 9.59 Å². The number of Topliss-reactive ketones (excluding diaryl/α,β-unsaturated/α-hetero) is 1. The molecule has 0 spiro atoms. The van der Waals surface area contributed by atoms with Gasteiger partial charge in [0.05, 0.1) is 11.8 Å². The lowest BCUT2D eigenvalue weighted by atomic mass is 10.1. The lowest BCUT2D eigenvalue weighted by molar-refractivity contribution is -0.119. The van der Waals surface area contributed by atoms with Crippen LogP contribution in [0.15, 0.2) is 29.4 Å². The monoisotopic (exact) mass is 358 g/mol. The Bertz CT molecular complexity index is 826. The highest BCUT2D eigenvalue weighted by Gasteiger charge is 2.25. The number of hydrogen-bond donors (Lipinski definition) is 2. The Labute approximate surface area is 149 Å². The maximum absolute atomic E-state index is 12.7. The van der Waals surface area contributed by atoms with Crippen LogP contribution in [0.2, 0.25) is 0 Å². The number of nitriles is 1. The van der Waals surface area contributed by atoms with Crippen molar-refractivity contribution in [3.8, 4) is 6.07 Å². The molecule has 3 N–H and O–H groups in total. The Hall–Kier alpha value is -2.86. The van der Waals surface area contributed by atoms with Crippen molar-refractivity contribution in [3.05, 3.63) is 29.8 Å². The number of nitrogens with one attached hydrogen (secondary N) is 1. The van der Waals surface area contributed by atoms with Crippen molar-refractivity contribution in [1.82, 2.24) is 14.8 Å². The molecular formula is C16H18N6O2S. The minimum atomic E-state index is -0.628. The number of anilines is 2. The van der Waals surface area contributed by atoms with Crippen molar-refractivity contribution < 1.29 is 9.59 Å². The van der Waals surface area contributed by atoms with Gasteiger partial charge in [0, 0.05) is 11.3 Å². The number of hydrogen-bond acceptors (Lipinski definition) is 7. The van der Waals surface area contributed by atoms with Crippen molar-refractivity contribution in [2.75, 3.05) is 16.8 Å². The standard InChI is InChI=1S/C16H18N6O2S/c1-3-13(22-15(18)20-21-16(22)25-8-7-17)14(24)19-12-6-4-5-11(9-12)10(2)23/h4-6,9,13H,3,8H2,1-2H3,(H2,18,20)(H,19,24). The number of carbonyl (C=O) groups is 2. The Morgan fingerprint density at radius 3 is 2.84 bits per heavy atom. The zero-order valence-electron chi connectivity index (χ0n) is 13.9. The normalized spacial score (nSPS) is 11.6. The molecule has 1 unspecified atom stereocenters. The summed E-state index contributed by atoms with van der Waals surface area (Å²) < 4.78 is 1.52. The third-order valence-electron chi connectivity index (χ3n) is 3.49. The maximum Gasteiger partial charge on any atom is 0.247 e. The van der Waals surface area contributed by atoms with Gasteiger partial charge in [-0.3, -0.25) is 14.2 Å². The van der Waals surface area contributed by atoms with Crippen LogP contribution in [0, 0.1) is 11.3 Å². The van der Waals surface area contributed by atoms with Crippen molar-refractivity contribution >= 4 is 35.1 Å². The van der Waals surface area contributed by atoms with Gasteiger partial charge in [-0.25, -0.2) is 0 Å². The molecule has 0 radical (unpaired) electrons. The predicted molar refractivity (Wildman–Crippen MR) is 95.2 cm³/mol. The molecule has 1 aromatic heterocycles. The molecule has 2 aromatic rings. The van der Waals surface area contributed by atoms with Crippen molar-refractivity contribution in [2.45, 2.75) is 31.5 Å². The summed E-state index contributed by atoms with van der Waals surface area (Å²) in [5.74, 6) is -0.0913. The molecule has 0 aliphatic heterocycles. The van der Waals surface area contributed by atoms with Crippen LogP contribution in [0.25, 0.3) is 0 Å². The molecule has 0 saturated heterocycles. The van der Waals surface area contributed by atoms with Crippen molar-refractivity contribution in [3.63, 3.8) is 0 Å². The quantitative estimate of drug-likeness (QED) is 0.574. The van der Waals surface area contributed by atoms with Crippen LogP contribution in [0.5, 0.6) is 0 Å². The minimum Gasteiger partial charge on any atom is -0.368 e. The van der Waals surface area contributed by atoms with E-state index in [1.54, 1.807) is 24.3 Å². The molecule has 9 heteroatoms. The Morgan fingerprint density at radius 2 is 2.20 bits per heavy atom. The average Bonchev–Trinajstić information content (AvgIpc) is 2.95. The van der Waals surface area contributed by atoms with Gasteiger partial charge in [0.25, 0.3) is 0 Å². The molecule has 8 nitrogen and oxygen atoms in total. The summed E-state index contributed by atoms with van der Waals surface area (Å²) in [4.78, 5) is 24.2. The first-order valence-electron chi connectivity index (χ1n) is 7.59. The highest BCUT2D eigenvalue weighted by Crippen LogP contribution is 2.26. The maximum atomic E-state index is 12.7. The summed E-state index contributed by atoms with van der Waals surface area (Å²) in [6.07, 6.45) is 0.459. The molecule has 1 amide bonds. The van der Waals surface area contributed by atoms with Crippen LogP contribution >= 0.6 is 11.8 Å². The first-order valence-corrected chi connectivity index (χ1v) is 8.58. The number of ketones is 1. The van der Waals surface area contributed by atoms with Crippen LogP contribution in [-0.2, 0) is 4.79 Å². The molecule has 1 heterocycles. The largest absolute Gasteiger partial charge is 0.368 e. The average molecular weight is 358 g/mol. The van der Waals surface area contributed by atoms with E-state index in [-0.39, 0.29) is 23.4 Å². The summed E-state index contributed by atoms with van der Waals surface area (Å²) in [5.41, 5.74) is 6.89. The fraction of sp³-hybridized carbons (Fsp3) is 0.312. The summed E-state index contributed by atoms with van der Waals surface area (Å²) in [5, 5.41) is 19.7. The van der Waals surface area contributed by atoms with Crippen LogP contribution in [0.3, 0.4) is 0 Å². The summed E-state index contributed by atoms with van der Waals surface area (Å²) >= 11 is 1.17. The number of nitrogen functional groups attached to an aromatic ring is 1. The SMILES string of the molecule is CCC(C(=O)Nc1cccc(C(C)=O)c1)n1c(N)nnc1SCC#N. The van der Waals surface area contributed by atoms with E-state index in [2.05, 4.69) is 15.5 Å². The van der Waals surface area contributed by atoms with Crippen molar-refractivity contribution in [1.29, 1.82) is 5.26 Å². The molecule has 0 saturated carbocycles. The van der Waals surface area contributed by atoms with E-state index in [0.717, 1.165) is 0 Å². The molecule has 130 valence electrons. The second kappa shape index (κ2) is 8.30. The van der Waals surface area contributed by atoms with Crippen LogP contribution < -0.4 is 11.1 Å². The van der Waals surface area contributed by atoms with Gasteiger partial charge in [0.2, 0.25) is 11.9 Å². The van der Waals surface area contributed by atoms with E-state index in [0.29, 0.717) is 22.8 Å². The number of carbonyl (C=O) groups excluding carboxylic acids is 2. The highest BCUT2D eigenvalue weighted by molar-refractivity contribution is 7.99. The van der Waals surface area contributed by atoms with Crippen LogP contribution in [0.4, 0.5) is 11.6 Å². The van der Waals surface area contributed by atoms with Gasteiger partial charge in [0.15, 0.2) is 10.9 Å². The molecule has 1 atom stereocenters. The predicted octanol–water partition coefficient (Wildman–Crippen LogP) is 2.27.